The number of aromatic nitrogens is 1. The molecule has 0 saturated heterocycles. The molecule has 0 aliphatic carbocycles. The fourth-order valence-electron chi connectivity index (χ4n) is 3.02. The van der Waals surface area contributed by atoms with Gasteiger partial charge in [0.05, 0.1) is 0 Å². The van der Waals surface area contributed by atoms with Crippen LogP contribution >= 0.6 is 0 Å². The number of likely N-dealkylation sites (N-methyl/N-ethyl adjacent to an activating group) is 1. The van der Waals surface area contributed by atoms with Gasteiger partial charge in [0.25, 0.3) is 5.91 Å². The third-order valence-corrected chi connectivity index (χ3v) is 4.26. The minimum Gasteiger partial charge on any atom is -0.352 e. The van der Waals surface area contributed by atoms with Gasteiger partial charge in [-0.1, -0.05) is 18.2 Å². The number of hydrogen-bond acceptors (Lipinski definition) is 3. The van der Waals surface area contributed by atoms with Crippen molar-refractivity contribution in [1.29, 1.82) is 5.26 Å². The largest absolute Gasteiger partial charge is 0.352 e. The first-order valence-corrected chi connectivity index (χ1v) is 8.62. The number of nitrogens with one attached hydrogen (secondary N) is 1. The Labute approximate surface area is 149 Å². The third kappa shape index (κ3) is 4.28. The fourth-order valence-corrected chi connectivity index (χ4v) is 3.02. The van der Waals surface area contributed by atoms with Gasteiger partial charge < -0.3 is 14.8 Å². The lowest BCUT2D eigenvalue weighted by Gasteiger charge is -2.12. The molecule has 1 heterocycles. The smallest absolute Gasteiger partial charge is 0.261 e. The first-order chi connectivity index (χ1) is 12.0. The molecule has 0 fully saturated rings. The van der Waals surface area contributed by atoms with Crippen molar-refractivity contribution in [2.45, 2.75) is 26.8 Å². The van der Waals surface area contributed by atoms with Crippen LogP contribution in [0.3, 0.4) is 0 Å². The lowest BCUT2D eigenvalue weighted by atomic mass is 10.1. The summed E-state index contributed by atoms with van der Waals surface area (Å²) in [6, 6.07) is 10.2. The molecule has 1 aromatic carbocycles. The van der Waals surface area contributed by atoms with Crippen molar-refractivity contribution in [2.24, 2.45) is 0 Å². The lowest BCUT2D eigenvalue weighted by Crippen LogP contribution is -2.23. The second-order valence-corrected chi connectivity index (χ2v) is 6.35. The number of carbonyl (C=O) groups excluding carboxylic acids is 1. The molecule has 1 amide bonds. The van der Waals surface area contributed by atoms with Crippen molar-refractivity contribution in [3.8, 4) is 6.07 Å². The summed E-state index contributed by atoms with van der Waals surface area (Å²) in [5, 5.41) is 13.1. The van der Waals surface area contributed by atoms with Crippen LogP contribution in [0, 0.1) is 18.3 Å². The normalized spacial score (nSPS) is 11.8. The van der Waals surface area contributed by atoms with Gasteiger partial charge in [0, 0.05) is 35.2 Å². The highest BCUT2D eigenvalue weighted by molar-refractivity contribution is 6.04. The van der Waals surface area contributed by atoms with E-state index in [-0.39, 0.29) is 11.5 Å². The molecule has 2 aromatic rings. The van der Waals surface area contributed by atoms with Gasteiger partial charge in [-0.05, 0) is 53.1 Å². The summed E-state index contributed by atoms with van der Waals surface area (Å²) in [4.78, 5) is 14.2. The number of para-hydroxylation sites is 1. The molecule has 0 aliphatic heterocycles. The van der Waals surface area contributed by atoms with Crippen molar-refractivity contribution >= 4 is 22.9 Å². The topological polar surface area (TPSA) is 61.1 Å². The van der Waals surface area contributed by atoms with Crippen molar-refractivity contribution in [3.05, 3.63) is 41.1 Å². The molecule has 0 unspecified atom stereocenters. The Morgan fingerprint density at radius 3 is 2.72 bits per heavy atom. The maximum absolute atomic E-state index is 12.1. The summed E-state index contributed by atoms with van der Waals surface area (Å²) >= 11 is 0. The van der Waals surface area contributed by atoms with E-state index in [2.05, 4.69) is 34.9 Å². The average Bonchev–Trinajstić information content (AvgIpc) is 2.84. The molecule has 0 bridgehead atoms. The summed E-state index contributed by atoms with van der Waals surface area (Å²) in [5.41, 5.74) is 3.31. The van der Waals surface area contributed by atoms with Crippen molar-refractivity contribution in [2.75, 3.05) is 27.2 Å². The Bertz CT molecular complexity index is 824. The molecular formula is C20H26N4O. The van der Waals surface area contributed by atoms with Gasteiger partial charge in [-0.2, -0.15) is 5.26 Å². The van der Waals surface area contributed by atoms with E-state index >= 15 is 0 Å². The van der Waals surface area contributed by atoms with Crippen LogP contribution < -0.4 is 5.32 Å². The third-order valence-electron chi connectivity index (χ3n) is 4.26. The van der Waals surface area contributed by atoms with E-state index < -0.39 is 0 Å². The van der Waals surface area contributed by atoms with E-state index in [0.29, 0.717) is 6.54 Å². The van der Waals surface area contributed by atoms with E-state index in [1.54, 1.807) is 6.08 Å². The molecule has 0 aliphatic rings. The Kier molecular flexibility index (Phi) is 6.37. The highest BCUT2D eigenvalue weighted by Gasteiger charge is 2.15. The first-order valence-electron chi connectivity index (χ1n) is 8.62. The Morgan fingerprint density at radius 2 is 2.08 bits per heavy atom. The summed E-state index contributed by atoms with van der Waals surface area (Å²) in [5.74, 6) is -0.325. The molecule has 1 aromatic heterocycles. The molecule has 0 radical (unpaired) electrons. The first kappa shape index (κ1) is 18.8. The van der Waals surface area contributed by atoms with E-state index in [0.717, 1.165) is 41.7 Å². The lowest BCUT2D eigenvalue weighted by molar-refractivity contribution is -0.116. The highest BCUT2D eigenvalue weighted by Crippen LogP contribution is 2.28. The van der Waals surface area contributed by atoms with Gasteiger partial charge in [-0.3, -0.25) is 4.79 Å². The van der Waals surface area contributed by atoms with E-state index in [1.165, 1.54) is 0 Å². The van der Waals surface area contributed by atoms with Crippen molar-refractivity contribution in [1.82, 2.24) is 14.8 Å². The zero-order chi connectivity index (χ0) is 18.4. The minimum absolute atomic E-state index is 0.140. The number of benzene rings is 1. The Morgan fingerprint density at radius 1 is 1.36 bits per heavy atom. The molecular weight excluding hydrogens is 312 g/mol. The van der Waals surface area contributed by atoms with Gasteiger partial charge in [-0.25, -0.2) is 0 Å². The maximum Gasteiger partial charge on any atom is 0.261 e. The van der Waals surface area contributed by atoms with Crippen LogP contribution in [0.5, 0.6) is 0 Å². The summed E-state index contributed by atoms with van der Waals surface area (Å²) < 4.78 is 2.28. The van der Waals surface area contributed by atoms with Gasteiger partial charge in [0.2, 0.25) is 0 Å². The molecule has 5 heteroatoms. The molecule has 0 saturated carbocycles. The summed E-state index contributed by atoms with van der Waals surface area (Å²) in [6.45, 7) is 6.31. The Hall–Kier alpha value is -2.58. The number of aryl methyl sites for hydroxylation is 1. The van der Waals surface area contributed by atoms with Crippen LogP contribution in [0.1, 0.15) is 24.6 Å². The van der Waals surface area contributed by atoms with E-state index in [1.807, 2.05) is 38.1 Å². The average molecular weight is 338 g/mol. The number of carbonyl (C=O) groups is 1. The summed E-state index contributed by atoms with van der Waals surface area (Å²) in [6.07, 6.45) is 2.75. The second kappa shape index (κ2) is 8.50. The van der Waals surface area contributed by atoms with E-state index in [9.17, 15) is 10.1 Å². The SMILES string of the molecule is CCNC(=O)/C(C#N)=C/c1c(C)n(CCCN(C)C)c2ccccc12. The summed E-state index contributed by atoms with van der Waals surface area (Å²) in [7, 11) is 4.14. The van der Waals surface area contributed by atoms with Crippen LogP contribution in [-0.4, -0.2) is 42.6 Å². The predicted octanol–water partition coefficient (Wildman–Crippen LogP) is 2.94. The molecule has 0 atom stereocenters. The standard InChI is InChI=1S/C20H26N4O/c1-5-22-20(25)16(14-21)13-18-15(2)24(12-8-11-23(3)4)19-10-7-6-9-17(18)19/h6-7,9-10,13H,5,8,11-12H2,1-4H3,(H,22,25)/b16-13+. The second-order valence-electron chi connectivity index (χ2n) is 6.35. The maximum atomic E-state index is 12.1. The predicted molar refractivity (Wildman–Crippen MR) is 102 cm³/mol. The number of nitriles is 1. The van der Waals surface area contributed by atoms with Gasteiger partial charge in [0.1, 0.15) is 11.6 Å². The number of nitrogens with zero attached hydrogens (tertiary/aromatic N) is 3. The number of amides is 1. The van der Waals surface area contributed by atoms with Crippen LogP contribution in [0.15, 0.2) is 29.8 Å². The number of rotatable bonds is 7. The fraction of sp³-hybridized carbons (Fsp3) is 0.400. The van der Waals surface area contributed by atoms with Gasteiger partial charge in [-0.15, -0.1) is 0 Å². The molecule has 0 spiro atoms. The van der Waals surface area contributed by atoms with Gasteiger partial charge in [0.15, 0.2) is 0 Å². The monoisotopic (exact) mass is 338 g/mol. The molecule has 2 rings (SSSR count). The minimum atomic E-state index is -0.325. The number of hydrogen-bond donors (Lipinski definition) is 1. The zero-order valence-corrected chi connectivity index (χ0v) is 15.5. The van der Waals surface area contributed by atoms with Crippen LogP contribution in [0.25, 0.3) is 17.0 Å². The molecule has 1 N–H and O–H groups in total. The number of fused-ring (bicyclic) bond motifs is 1. The van der Waals surface area contributed by atoms with E-state index in [4.69, 9.17) is 0 Å². The van der Waals surface area contributed by atoms with Crippen LogP contribution in [0.2, 0.25) is 0 Å². The quantitative estimate of drug-likeness (QED) is 0.624. The molecule has 25 heavy (non-hydrogen) atoms. The highest BCUT2D eigenvalue weighted by atomic mass is 16.1. The molecule has 5 nitrogen and oxygen atoms in total. The Balaban J connectivity index is 2.48. The van der Waals surface area contributed by atoms with Gasteiger partial charge >= 0.3 is 0 Å². The molecule has 132 valence electrons. The van der Waals surface area contributed by atoms with Crippen LogP contribution in [0.4, 0.5) is 0 Å². The van der Waals surface area contributed by atoms with Crippen LogP contribution in [-0.2, 0) is 11.3 Å². The van der Waals surface area contributed by atoms with Crippen molar-refractivity contribution < 1.29 is 4.79 Å². The van der Waals surface area contributed by atoms with Crippen molar-refractivity contribution in [3.63, 3.8) is 0 Å². The zero-order valence-electron chi connectivity index (χ0n) is 15.5.